The number of nitrogens with two attached hydrogens (primary N) is 1. The zero-order chi connectivity index (χ0) is 9.31. The van der Waals surface area contributed by atoms with Gasteiger partial charge in [0.2, 0.25) is 0 Å². The van der Waals surface area contributed by atoms with Crippen molar-refractivity contribution in [1.29, 1.82) is 0 Å². The first-order valence-electron chi connectivity index (χ1n) is 4.19. The maximum absolute atomic E-state index is 10.1. The van der Waals surface area contributed by atoms with Crippen LogP contribution in [0.15, 0.2) is 12.3 Å². The summed E-state index contributed by atoms with van der Waals surface area (Å²) in [7, 11) is 0. The molecule has 13 heavy (non-hydrogen) atoms. The van der Waals surface area contributed by atoms with Gasteiger partial charge in [-0.15, -0.1) is 0 Å². The van der Waals surface area contributed by atoms with Gasteiger partial charge in [-0.2, -0.15) is 0 Å². The van der Waals surface area contributed by atoms with Crippen LogP contribution >= 0.6 is 11.5 Å². The molecule has 0 radical (unpaired) electrons. The number of hydrogen-bond donors (Lipinski definition) is 2. The number of nitrogens with zero attached hydrogens (tertiary/aromatic N) is 1. The Bertz CT molecular complexity index is 270. The SMILES string of the molecule is NC(c1ccns1)C1(O)CCOC1. The molecule has 1 aromatic rings. The summed E-state index contributed by atoms with van der Waals surface area (Å²) in [6, 6.07) is 1.47. The fourth-order valence-electron chi connectivity index (χ4n) is 1.47. The quantitative estimate of drug-likeness (QED) is 0.720. The summed E-state index contributed by atoms with van der Waals surface area (Å²) in [5, 5.41) is 10.1. The molecule has 1 fully saturated rings. The lowest BCUT2D eigenvalue weighted by Crippen LogP contribution is -2.41. The van der Waals surface area contributed by atoms with E-state index >= 15 is 0 Å². The van der Waals surface area contributed by atoms with Gasteiger partial charge in [-0.3, -0.25) is 0 Å². The lowest BCUT2D eigenvalue weighted by Gasteiger charge is -2.26. The summed E-state index contributed by atoms with van der Waals surface area (Å²) in [5.74, 6) is 0. The molecule has 0 aromatic carbocycles. The normalized spacial score (nSPS) is 30.6. The number of rotatable bonds is 2. The Morgan fingerprint density at radius 1 is 1.77 bits per heavy atom. The highest BCUT2D eigenvalue weighted by Gasteiger charge is 2.39. The summed E-state index contributed by atoms with van der Waals surface area (Å²) in [6.07, 6.45) is 2.30. The molecule has 0 bridgehead atoms. The van der Waals surface area contributed by atoms with Crippen molar-refractivity contribution in [3.8, 4) is 0 Å². The third-order valence-corrected chi connectivity index (χ3v) is 3.20. The zero-order valence-corrected chi connectivity index (χ0v) is 7.96. The van der Waals surface area contributed by atoms with Crippen LogP contribution in [0, 0.1) is 0 Å². The number of aliphatic hydroxyl groups is 1. The third kappa shape index (κ3) is 1.60. The van der Waals surface area contributed by atoms with Gasteiger partial charge in [-0.05, 0) is 17.6 Å². The molecule has 1 aliphatic heterocycles. The van der Waals surface area contributed by atoms with E-state index in [9.17, 15) is 5.11 Å². The molecule has 0 spiro atoms. The third-order valence-electron chi connectivity index (χ3n) is 2.37. The minimum atomic E-state index is -0.896. The molecule has 5 heteroatoms. The van der Waals surface area contributed by atoms with Crippen molar-refractivity contribution < 1.29 is 9.84 Å². The van der Waals surface area contributed by atoms with E-state index in [4.69, 9.17) is 10.5 Å². The van der Waals surface area contributed by atoms with Crippen LogP contribution in [0.25, 0.3) is 0 Å². The summed E-state index contributed by atoms with van der Waals surface area (Å²) in [5.41, 5.74) is 5.02. The topological polar surface area (TPSA) is 68.4 Å². The second-order valence-electron chi connectivity index (χ2n) is 3.30. The van der Waals surface area contributed by atoms with Gasteiger partial charge in [0.1, 0.15) is 5.60 Å². The van der Waals surface area contributed by atoms with Gasteiger partial charge in [0.05, 0.1) is 12.6 Å². The van der Waals surface area contributed by atoms with Gasteiger partial charge in [0.15, 0.2) is 0 Å². The summed E-state index contributed by atoms with van der Waals surface area (Å²) >= 11 is 1.33. The Labute approximate surface area is 80.5 Å². The van der Waals surface area contributed by atoms with E-state index in [-0.39, 0.29) is 6.04 Å². The Balaban J connectivity index is 2.16. The number of ether oxygens (including phenoxy) is 1. The van der Waals surface area contributed by atoms with E-state index in [2.05, 4.69) is 4.37 Å². The van der Waals surface area contributed by atoms with Crippen LogP contribution in [0.5, 0.6) is 0 Å². The van der Waals surface area contributed by atoms with E-state index in [0.717, 1.165) is 4.88 Å². The van der Waals surface area contributed by atoms with E-state index in [1.165, 1.54) is 11.5 Å². The van der Waals surface area contributed by atoms with Gasteiger partial charge >= 0.3 is 0 Å². The standard InChI is InChI=1S/C8H12N2O2S/c9-7(6-1-3-10-13-6)8(11)2-4-12-5-8/h1,3,7,11H,2,4-5,9H2. The first-order valence-corrected chi connectivity index (χ1v) is 4.96. The van der Waals surface area contributed by atoms with Gasteiger partial charge in [-0.1, -0.05) is 0 Å². The molecule has 1 aliphatic rings. The lowest BCUT2D eigenvalue weighted by atomic mass is 9.93. The van der Waals surface area contributed by atoms with Crippen molar-refractivity contribution in [2.24, 2.45) is 5.73 Å². The molecule has 3 N–H and O–H groups in total. The Hall–Kier alpha value is -0.490. The van der Waals surface area contributed by atoms with Gasteiger partial charge < -0.3 is 15.6 Å². The van der Waals surface area contributed by atoms with Crippen molar-refractivity contribution in [1.82, 2.24) is 4.37 Å². The minimum Gasteiger partial charge on any atom is -0.385 e. The molecule has 2 unspecified atom stereocenters. The molecule has 2 heterocycles. The highest BCUT2D eigenvalue weighted by atomic mass is 32.1. The molecule has 4 nitrogen and oxygen atoms in total. The average molecular weight is 200 g/mol. The first kappa shape index (κ1) is 9.08. The minimum absolute atomic E-state index is 0.325. The van der Waals surface area contributed by atoms with Crippen molar-refractivity contribution in [2.45, 2.75) is 18.1 Å². The van der Waals surface area contributed by atoms with Gasteiger partial charge in [-0.25, -0.2) is 4.37 Å². The van der Waals surface area contributed by atoms with Crippen LogP contribution in [0.2, 0.25) is 0 Å². The smallest absolute Gasteiger partial charge is 0.110 e. The molecule has 0 saturated carbocycles. The van der Waals surface area contributed by atoms with Crippen LogP contribution in [0.1, 0.15) is 17.3 Å². The van der Waals surface area contributed by atoms with Gasteiger partial charge in [0, 0.05) is 24.1 Å². The lowest BCUT2D eigenvalue weighted by molar-refractivity contribution is 0.00440. The molecule has 0 amide bonds. The Morgan fingerprint density at radius 2 is 2.62 bits per heavy atom. The summed E-state index contributed by atoms with van der Waals surface area (Å²) in [6.45, 7) is 0.912. The molecule has 0 aliphatic carbocycles. The highest BCUT2D eigenvalue weighted by molar-refractivity contribution is 7.05. The number of aromatic nitrogens is 1. The first-order chi connectivity index (χ1) is 6.22. The molecule has 1 aromatic heterocycles. The molecular weight excluding hydrogens is 188 g/mol. The zero-order valence-electron chi connectivity index (χ0n) is 7.14. The summed E-state index contributed by atoms with van der Waals surface area (Å²) < 4.78 is 9.09. The fraction of sp³-hybridized carbons (Fsp3) is 0.625. The van der Waals surface area contributed by atoms with Crippen molar-refractivity contribution in [3.63, 3.8) is 0 Å². The monoisotopic (exact) mass is 200 g/mol. The van der Waals surface area contributed by atoms with Crippen LogP contribution in [0.3, 0.4) is 0 Å². The van der Waals surface area contributed by atoms with Crippen LogP contribution in [-0.4, -0.2) is 28.3 Å². The van der Waals surface area contributed by atoms with Crippen LogP contribution in [0.4, 0.5) is 0 Å². The van der Waals surface area contributed by atoms with E-state index < -0.39 is 5.60 Å². The average Bonchev–Trinajstić information content (AvgIpc) is 2.73. The second-order valence-corrected chi connectivity index (χ2v) is 4.16. The number of hydrogen-bond acceptors (Lipinski definition) is 5. The van der Waals surface area contributed by atoms with Crippen molar-refractivity contribution in [2.75, 3.05) is 13.2 Å². The molecular formula is C8H12N2O2S. The van der Waals surface area contributed by atoms with Gasteiger partial charge in [0.25, 0.3) is 0 Å². The predicted octanol–water partition coefficient (Wildman–Crippen LogP) is 0.294. The largest absolute Gasteiger partial charge is 0.385 e. The maximum Gasteiger partial charge on any atom is 0.110 e. The molecule has 2 rings (SSSR count). The van der Waals surface area contributed by atoms with Crippen molar-refractivity contribution in [3.05, 3.63) is 17.1 Å². The van der Waals surface area contributed by atoms with Crippen molar-refractivity contribution >= 4 is 11.5 Å². The molecule has 2 atom stereocenters. The molecule has 1 saturated heterocycles. The van der Waals surface area contributed by atoms with E-state index in [0.29, 0.717) is 19.6 Å². The molecule has 72 valence electrons. The maximum atomic E-state index is 10.1. The summed E-state index contributed by atoms with van der Waals surface area (Å²) in [4.78, 5) is 0.910. The predicted molar refractivity (Wildman–Crippen MR) is 49.4 cm³/mol. The Kier molecular flexibility index (Phi) is 2.33. The Morgan fingerprint density at radius 3 is 3.15 bits per heavy atom. The second kappa shape index (κ2) is 3.34. The van der Waals surface area contributed by atoms with E-state index in [1.54, 1.807) is 6.20 Å². The fourth-order valence-corrected chi connectivity index (χ4v) is 2.16. The van der Waals surface area contributed by atoms with Crippen LogP contribution in [-0.2, 0) is 4.74 Å². The highest BCUT2D eigenvalue weighted by Crippen LogP contribution is 2.32. The van der Waals surface area contributed by atoms with Crippen LogP contribution < -0.4 is 5.73 Å². The van der Waals surface area contributed by atoms with E-state index in [1.807, 2.05) is 6.07 Å².